The first-order valence-corrected chi connectivity index (χ1v) is 7.56. The third-order valence-electron chi connectivity index (χ3n) is 4.14. The normalized spacial score (nSPS) is 21.3. The molecule has 21 heavy (non-hydrogen) atoms. The van der Waals surface area contributed by atoms with Crippen LogP contribution in [0.25, 0.3) is 0 Å². The highest BCUT2D eigenvalue weighted by Crippen LogP contribution is 2.38. The Labute approximate surface area is 123 Å². The van der Waals surface area contributed by atoms with Gasteiger partial charge in [-0.15, -0.1) is 0 Å². The summed E-state index contributed by atoms with van der Waals surface area (Å²) >= 11 is 0. The zero-order valence-electron chi connectivity index (χ0n) is 11.9. The molecule has 1 saturated heterocycles. The summed E-state index contributed by atoms with van der Waals surface area (Å²) in [5.74, 6) is 2.48. The number of pyridine rings is 1. The number of morpholine rings is 1. The van der Waals surface area contributed by atoms with Gasteiger partial charge in [0.2, 0.25) is 0 Å². The Bertz CT molecular complexity index is 589. The average molecular weight is 285 g/mol. The molecular formula is C15H19N5O. The molecular weight excluding hydrogens is 266 g/mol. The topological polar surface area (TPSA) is 66.9 Å². The summed E-state index contributed by atoms with van der Waals surface area (Å²) < 4.78 is 5.47. The molecule has 2 aliphatic rings. The molecule has 6 heteroatoms. The molecule has 3 heterocycles. The van der Waals surface area contributed by atoms with Crippen LogP contribution in [0, 0.1) is 0 Å². The lowest BCUT2D eigenvalue weighted by molar-refractivity contribution is 0.0224. The number of ether oxygens (including phenoxy) is 1. The van der Waals surface area contributed by atoms with Gasteiger partial charge in [-0.25, -0.2) is 4.98 Å². The molecule has 0 radical (unpaired) electrons. The van der Waals surface area contributed by atoms with E-state index in [0.29, 0.717) is 5.92 Å². The van der Waals surface area contributed by atoms with Crippen molar-refractivity contribution < 1.29 is 4.74 Å². The molecule has 4 rings (SSSR count). The Morgan fingerprint density at radius 1 is 1.29 bits per heavy atom. The molecule has 0 spiro atoms. The van der Waals surface area contributed by atoms with E-state index >= 15 is 0 Å². The predicted octanol–water partition coefficient (Wildman–Crippen LogP) is 1.50. The van der Waals surface area contributed by atoms with E-state index < -0.39 is 0 Å². The maximum Gasteiger partial charge on any atom is 0.172 e. The molecule has 1 aliphatic carbocycles. The fourth-order valence-electron chi connectivity index (χ4n) is 2.85. The van der Waals surface area contributed by atoms with E-state index in [-0.39, 0.29) is 6.04 Å². The van der Waals surface area contributed by atoms with Gasteiger partial charge >= 0.3 is 0 Å². The van der Waals surface area contributed by atoms with Crippen LogP contribution in [-0.4, -0.2) is 51.4 Å². The monoisotopic (exact) mass is 285 g/mol. The van der Waals surface area contributed by atoms with Gasteiger partial charge in [-0.05, 0) is 24.5 Å². The number of hydrogen-bond acceptors (Lipinski definition) is 5. The van der Waals surface area contributed by atoms with Gasteiger partial charge < -0.3 is 4.74 Å². The Morgan fingerprint density at radius 2 is 2.14 bits per heavy atom. The number of rotatable bonds is 4. The minimum atomic E-state index is 0.0614. The summed E-state index contributed by atoms with van der Waals surface area (Å²) in [6, 6.07) is 4.13. The van der Waals surface area contributed by atoms with Crippen LogP contribution in [-0.2, 0) is 4.74 Å². The molecule has 0 amide bonds. The van der Waals surface area contributed by atoms with Crippen molar-refractivity contribution in [2.45, 2.75) is 24.8 Å². The average Bonchev–Trinajstić information content (AvgIpc) is 3.29. The molecule has 6 nitrogen and oxygen atoms in total. The summed E-state index contributed by atoms with van der Waals surface area (Å²) in [4.78, 5) is 11.4. The van der Waals surface area contributed by atoms with Crippen LogP contribution >= 0.6 is 0 Å². The molecule has 110 valence electrons. The van der Waals surface area contributed by atoms with E-state index in [4.69, 9.17) is 9.72 Å². The van der Waals surface area contributed by atoms with Crippen molar-refractivity contribution in [2.24, 2.45) is 0 Å². The number of H-pyrrole nitrogens is 1. The van der Waals surface area contributed by atoms with Crippen LogP contribution in [0.4, 0.5) is 0 Å². The zero-order chi connectivity index (χ0) is 14.1. The lowest BCUT2D eigenvalue weighted by atomic mass is 10.1. The Morgan fingerprint density at radius 3 is 2.86 bits per heavy atom. The highest BCUT2D eigenvalue weighted by molar-refractivity contribution is 5.22. The number of hydrogen-bond donors (Lipinski definition) is 1. The molecule has 0 aromatic carbocycles. The Balaban J connectivity index is 1.67. The lowest BCUT2D eigenvalue weighted by Gasteiger charge is -2.32. The molecule has 1 N–H and O–H groups in total. The molecule has 2 aromatic rings. The van der Waals surface area contributed by atoms with Crippen molar-refractivity contribution >= 4 is 0 Å². The van der Waals surface area contributed by atoms with Crippen LogP contribution in [0.1, 0.15) is 42.0 Å². The van der Waals surface area contributed by atoms with Gasteiger partial charge in [0.15, 0.2) is 5.82 Å². The largest absolute Gasteiger partial charge is 0.379 e. The Kier molecular flexibility index (Phi) is 3.40. The second-order valence-corrected chi connectivity index (χ2v) is 5.69. The minimum absolute atomic E-state index is 0.0614. The van der Waals surface area contributed by atoms with Crippen LogP contribution in [0.5, 0.6) is 0 Å². The predicted molar refractivity (Wildman–Crippen MR) is 76.8 cm³/mol. The standard InChI is InChI=1S/C15H19N5O/c1-2-12(10-16-5-1)13(20-6-8-21-9-7-20)15-17-14(18-19-15)11-3-4-11/h1-2,5,10-11,13H,3-4,6-9H2,(H,17,18,19)/t13-/m1/s1. The van der Waals surface area contributed by atoms with Crippen LogP contribution in [0.3, 0.4) is 0 Å². The number of aromatic amines is 1. The molecule has 1 saturated carbocycles. The van der Waals surface area contributed by atoms with Crippen molar-refractivity contribution in [3.63, 3.8) is 0 Å². The van der Waals surface area contributed by atoms with Crippen molar-refractivity contribution in [1.82, 2.24) is 25.1 Å². The second-order valence-electron chi connectivity index (χ2n) is 5.69. The third kappa shape index (κ3) is 2.69. The lowest BCUT2D eigenvalue weighted by Crippen LogP contribution is -2.40. The summed E-state index contributed by atoms with van der Waals surface area (Å²) in [6.45, 7) is 3.31. The quantitative estimate of drug-likeness (QED) is 0.922. The van der Waals surface area contributed by atoms with Crippen molar-refractivity contribution in [3.05, 3.63) is 41.7 Å². The minimum Gasteiger partial charge on any atom is -0.379 e. The summed E-state index contributed by atoms with van der Waals surface area (Å²) in [6.07, 6.45) is 6.16. The van der Waals surface area contributed by atoms with Gasteiger partial charge in [0.25, 0.3) is 0 Å². The number of nitrogens with zero attached hydrogens (tertiary/aromatic N) is 4. The maximum atomic E-state index is 5.47. The van der Waals surface area contributed by atoms with E-state index in [1.54, 1.807) is 6.20 Å². The van der Waals surface area contributed by atoms with E-state index in [9.17, 15) is 0 Å². The fraction of sp³-hybridized carbons (Fsp3) is 0.533. The number of nitrogens with one attached hydrogen (secondary N) is 1. The zero-order valence-corrected chi connectivity index (χ0v) is 11.9. The van der Waals surface area contributed by atoms with Crippen molar-refractivity contribution in [3.8, 4) is 0 Å². The highest BCUT2D eigenvalue weighted by Gasteiger charge is 2.31. The summed E-state index contributed by atoms with van der Waals surface area (Å²) in [7, 11) is 0. The highest BCUT2D eigenvalue weighted by atomic mass is 16.5. The third-order valence-corrected chi connectivity index (χ3v) is 4.14. The Hall–Kier alpha value is -1.79. The van der Waals surface area contributed by atoms with Crippen LogP contribution in [0.15, 0.2) is 24.5 Å². The van der Waals surface area contributed by atoms with E-state index in [1.807, 2.05) is 12.3 Å². The van der Waals surface area contributed by atoms with E-state index in [2.05, 4.69) is 26.1 Å². The van der Waals surface area contributed by atoms with Gasteiger partial charge in [0.1, 0.15) is 5.82 Å². The molecule has 1 atom stereocenters. The van der Waals surface area contributed by atoms with Crippen LogP contribution in [0.2, 0.25) is 0 Å². The van der Waals surface area contributed by atoms with Crippen molar-refractivity contribution in [2.75, 3.05) is 26.3 Å². The van der Waals surface area contributed by atoms with Gasteiger partial charge in [-0.3, -0.25) is 15.0 Å². The van der Waals surface area contributed by atoms with E-state index in [1.165, 1.54) is 12.8 Å². The first kappa shape index (κ1) is 12.9. The first-order valence-electron chi connectivity index (χ1n) is 7.56. The van der Waals surface area contributed by atoms with Gasteiger partial charge in [0.05, 0.1) is 19.3 Å². The summed E-state index contributed by atoms with van der Waals surface area (Å²) in [5, 5.41) is 7.60. The molecule has 2 aromatic heterocycles. The second kappa shape index (κ2) is 5.54. The first-order chi connectivity index (χ1) is 10.4. The van der Waals surface area contributed by atoms with Gasteiger partial charge in [0, 0.05) is 31.4 Å². The molecule has 0 unspecified atom stereocenters. The molecule has 2 fully saturated rings. The molecule has 0 bridgehead atoms. The van der Waals surface area contributed by atoms with Gasteiger partial charge in [-0.2, -0.15) is 5.10 Å². The number of aromatic nitrogens is 4. The van der Waals surface area contributed by atoms with Crippen molar-refractivity contribution in [1.29, 1.82) is 0 Å². The van der Waals surface area contributed by atoms with E-state index in [0.717, 1.165) is 43.5 Å². The summed E-state index contributed by atoms with van der Waals surface area (Å²) in [5.41, 5.74) is 1.14. The maximum absolute atomic E-state index is 5.47. The van der Waals surface area contributed by atoms with Gasteiger partial charge in [-0.1, -0.05) is 6.07 Å². The molecule has 1 aliphatic heterocycles. The fourth-order valence-corrected chi connectivity index (χ4v) is 2.85. The smallest absolute Gasteiger partial charge is 0.172 e. The SMILES string of the molecule is c1cncc([C@H](c2n[nH]c(C3CC3)n2)N2CCOCC2)c1. The van der Waals surface area contributed by atoms with Crippen LogP contribution < -0.4 is 0 Å².